The van der Waals surface area contributed by atoms with Crippen molar-refractivity contribution >= 4 is 23.5 Å². The number of aromatic hydroxyl groups is 9. The summed E-state index contributed by atoms with van der Waals surface area (Å²) in [7, 11) is 8.17. The van der Waals surface area contributed by atoms with Crippen LogP contribution in [0.3, 0.4) is 0 Å². The molecule has 0 unspecified atom stereocenters. The van der Waals surface area contributed by atoms with Crippen LogP contribution in [0.25, 0.3) is 0 Å². The van der Waals surface area contributed by atoms with Crippen LogP contribution in [0, 0.1) is 0 Å². The van der Waals surface area contributed by atoms with E-state index >= 15 is 0 Å². The van der Waals surface area contributed by atoms with Gasteiger partial charge in [0.2, 0.25) is 23.1 Å². The van der Waals surface area contributed by atoms with E-state index in [4.69, 9.17) is 37.9 Å². The normalized spacial score (nSPS) is 11.4. The fraction of sp³-hybridized carbons (Fsp3) is 0.200. The van der Waals surface area contributed by atoms with Crippen molar-refractivity contribution in [3.05, 3.63) is 118 Å². The molecule has 22 heteroatoms. The van der Waals surface area contributed by atoms with Crippen LogP contribution < -0.4 is 33.5 Å². The zero-order chi connectivity index (χ0) is 53.1. The number of rotatable bonds is 18. The number of esters is 2. The van der Waals surface area contributed by atoms with Crippen LogP contribution in [0.1, 0.15) is 52.6 Å². The minimum absolute atomic E-state index is 0.0602. The summed E-state index contributed by atoms with van der Waals surface area (Å²) in [5, 5.41) is 101. The Morgan fingerprint density at radius 3 is 1.04 bits per heavy atom. The van der Waals surface area contributed by atoms with E-state index in [9.17, 15) is 70.2 Å². The van der Waals surface area contributed by atoms with Gasteiger partial charge in [-0.25, -0.2) is 9.59 Å². The summed E-state index contributed by atoms with van der Waals surface area (Å²) in [6.07, 6.45) is -4.24. The van der Waals surface area contributed by atoms with Crippen LogP contribution in [0.5, 0.6) is 92.0 Å². The average molecular weight is 1000 g/mol. The molecule has 9 N–H and O–H groups in total. The Bertz CT molecular complexity index is 2700. The van der Waals surface area contributed by atoms with E-state index in [1.807, 2.05) is 0 Å². The number of phenolic OH excluding ortho intramolecular Hbond substituents is 9. The summed E-state index contributed by atoms with van der Waals surface area (Å²) < 4.78 is 42.3. The van der Waals surface area contributed by atoms with Crippen molar-refractivity contribution in [2.45, 2.75) is 25.0 Å². The number of hydrogen-bond acceptors (Lipinski definition) is 22. The van der Waals surface area contributed by atoms with Gasteiger partial charge in [-0.3, -0.25) is 9.59 Å². The first-order valence-corrected chi connectivity index (χ1v) is 20.8. The minimum atomic E-state index is -1.63. The molecule has 6 rings (SSSR count). The molecular formula is C50H47O22-. The lowest BCUT2D eigenvalue weighted by Gasteiger charge is -2.20. The first kappa shape index (κ1) is 53.4. The fourth-order valence-electron chi connectivity index (χ4n) is 6.93. The van der Waals surface area contributed by atoms with Gasteiger partial charge in [0, 0.05) is 59.4 Å². The van der Waals surface area contributed by atoms with E-state index in [0.717, 1.165) is 54.6 Å². The van der Waals surface area contributed by atoms with Gasteiger partial charge in [-0.2, -0.15) is 0 Å². The number of methoxy groups -OCH3 is 6. The van der Waals surface area contributed by atoms with Crippen molar-refractivity contribution in [3.8, 4) is 92.0 Å². The van der Waals surface area contributed by atoms with Gasteiger partial charge in [0.1, 0.15) is 40.2 Å². The van der Waals surface area contributed by atoms with E-state index in [1.54, 1.807) is 0 Å². The third kappa shape index (κ3) is 12.2. The Kier molecular flexibility index (Phi) is 17.1. The van der Waals surface area contributed by atoms with Crippen molar-refractivity contribution in [3.63, 3.8) is 0 Å². The Morgan fingerprint density at radius 2 is 0.736 bits per heavy atom. The minimum Gasteiger partial charge on any atom is -0.870 e. The molecule has 0 aliphatic carbocycles. The van der Waals surface area contributed by atoms with Gasteiger partial charge >= 0.3 is 11.9 Å². The molecule has 0 aromatic heterocycles. The van der Waals surface area contributed by atoms with Crippen molar-refractivity contribution in [1.82, 2.24) is 0 Å². The lowest BCUT2D eigenvalue weighted by molar-refractivity contribution is -0.270. The molecule has 6 aromatic carbocycles. The van der Waals surface area contributed by atoms with Crippen LogP contribution in [0.2, 0.25) is 0 Å². The Hall–Kier alpha value is -9.60. The lowest BCUT2D eigenvalue weighted by atomic mass is 9.98. The number of ketones is 2. The van der Waals surface area contributed by atoms with Crippen molar-refractivity contribution in [1.29, 1.82) is 0 Å². The van der Waals surface area contributed by atoms with E-state index in [-0.39, 0.29) is 67.9 Å². The van der Waals surface area contributed by atoms with E-state index in [1.165, 1.54) is 73.0 Å². The molecule has 380 valence electrons. The van der Waals surface area contributed by atoms with Gasteiger partial charge in [0.05, 0.1) is 53.8 Å². The number of phenols is 9. The largest absolute Gasteiger partial charge is 0.870 e. The summed E-state index contributed by atoms with van der Waals surface area (Å²) in [5.74, 6) is -8.03. The topological polar surface area (TPSA) is 347 Å². The van der Waals surface area contributed by atoms with Gasteiger partial charge in [-0.05, 0) is 48.5 Å². The van der Waals surface area contributed by atoms with Gasteiger partial charge < -0.3 is 89.0 Å². The summed E-state index contributed by atoms with van der Waals surface area (Å²) in [5.41, 5.74) is -0.771. The van der Waals surface area contributed by atoms with E-state index < -0.39 is 106 Å². The molecule has 0 spiro atoms. The van der Waals surface area contributed by atoms with E-state index in [2.05, 4.69) is 0 Å². The number of hydrogen-bond donors (Lipinski definition) is 9. The van der Waals surface area contributed by atoms with Crippen molar-refractivity contribution in [2.75, 3.05) is 42.7 Å². The highest BCUT2D eigenvalue weighted by atomic mass is 16.6. The SMILES string of the molecule is COc1cc(C(=O)O[C@H](Cc2c(O)cc(O)cc2O)C(=O)c2ccc(O)c(O)c2)cc(OC)c1OC.COc1cc(C(=O)O[C@H](Cc2c(O)cc(O)cc2O)C(=O)c2ccc([O-])c(O)c2)cc(OC)c1OC. The molecule has 0 bridgehead atoms. The third-order valence-corrected chi connectivity index (χ3v) is 10.5. The number of carbonyl (C=O) groups excluding carboxylic acids is 4. The number of Topliss-reactive ketones (excluding diaryl/α,β-unsaturated/α-hetero) is 2. The Labute approximate surface area is 408 Å². The van der Waals surface area contributed by atoms with Gasteiger partial charge in [0.25, 0.3) is 0 Å². The van der Waals surface area contributed by atoms with Crippen LogP contribution >= 0.6 is 0 Å². The molecule has 0 heterocycles. The molecule has 2 atom stereocenters. The molecule has 0 aliphatic rings. The second kappa shape index (κ2) is 23.1. The summed E-state index contributed by atoms with van der Waals surface area (Å²) in [6.45, 7) is 0. The van der Waals surface area contributed by atoms with Gasteiger partial charge in [0.15, 0.2) is 46.7 Å². The second-order valence-corrected chi connectivity index (χ2v) is 15.1. The molecular weight excluding hydrogens is 953 g/mol. The first-order valence-electron chi connectivity index (χ1n) is 20.8. The molecule has 0 fully saturated rings. The molecule has 72 heavy (non-hydrogen) atoms. The summed E-state index contributed by atoms with van der Waals surface area (Å²) in [6, 6.07) is 15.3. The first-order chi connectivity index (χ1) is 34.2. The Morgan fingerprint density at radius 1 is 0.403 bits per heavy atom. The Balaban J connectivity index is 0.000000267. The summed E-state index contributed by atoms with van der Waals surface area (Å²) in [4.78, 5) is 52.7. The molecule has 0 radical (unpaired) electrons. The quantitative estimate of drug-likeness (QED) is 0.0305. The predicted octanol–water partition coefficient (Wildman–Crippen LogP) is 5.15. The number of ether oxygens (including phenoxy) is 8. The summed E-state index contributed by atoms with van der Waals surface area (Å²) >= 11 is 0. The maximum atomic E-state index is 13.3. The van der Waals surface area contributed by atoms with Gasteiger partial charge in [-0.1, -0.05) is 17.9 Å². The highest BCUT2D eigenvalue weighted by Crippen LogP contribution is 2.41. The lowest BCUT2D eigenvalue weighted by Crippen LogP contribution is -2.30. The van der Waals surface area contributed by atoms with Crippen LogP contribution in [-0.4, -0.2) is 124 Å². The van der Waals surface area contributed by atoms with Crippen molar-refractivity contribution in [2.24, 2.45) is 0 Å². The fourth-order valence-corrected chi connectivity index (χ4v) is 6.93. The molecule has 0 amide bonds. The molecule has 0 saturated carbocycles. The van der Waals surface area contributed by atoms with Crippen LogP contribution in [-0.2, 0) is 22.3 Å². The third-order valence-electron chi connectivity index (χ3n) is 10.5. The maximum Gasteiger partial charge on any atom is 0.339 e. The number of benzene rings is 6. The van der Waals surface area contributed by atoms with Crippen molar-refractivity contribution < 1.29 is 108 Å². The standard InChI is InChI=1S/2C25H24O11/c2*1-33-21-7-13(8-22(34-2)24(21)35-3)25(32)36-20(11-15-17(28)9-14(26)10-18(15)29)23(31)12-4-5-16(27)19(30)6-12/h2*4-10,20,26-30H,11H2,1-3H3/p-1/t2*20-/m11/s1. The maximum absolute atomic E-state index is 13.3. The zero-order valence-electron chi connectivity index (χ0n) is 39.0. The highest BCUT2D eigenvalue weighted by molar-refractivity contribution is 6.03. The number of carbonyl (C=O) groups is 4. The van der Waals surface area contributed by atoms with E-state index in [0.29, 0.717) is 0 Å². The highest BCUT2D eigenvalue weighted by Gasteiger charge is 2.32. The monoisotopic (exact) mass is 999 g/mol. The smallest absolute Gasteiger partial charge is 0.339 e. The molecule has 0 aliphatic heterocycles. The zero-order valence-corrected chi connectivity index (χ0v) is 39.0. The van der Waals surface area contributed by atoms with Crippen LogP contribution in [0.4, 0.5) is 0 Å². The second-order valence-electron chi connectivity index (χ2n) is 15.1. The van der Waals surface area contributed by atoms with Crippen LogP contribution in [0.15, 0.2) is 84.9 Å². The molecule has 6 aromatic rings. The average Bonchev–Trinajstić information content (AvgIpc) is 3.35. The van der Waals surface area contributed by atoms with Gasteiger partial charge in [-0.15, -0.1) is 0 Å². The molecule has 0 saturated heterocycles. The predicted molar refractivity (Wildman–Crippen MR) is 247 cm³/mol. The molecule has 22 nitrogen and oxygen atoms in total.